The summed E-state index contributed by atoms with van der Waals surface area (Å²) >= 11 is 0. The van der Waals surface area contributed by atoms with Crippen LogP contribution >= 0.6 is 0 Å². The minimum Gasteiger partial charge on any atom is -0.481 e. The number of carboxylic acids is 1. The van der Waals surface area contributed by atoms with Crippen LogP contribution in [0.3, 0.4) is 0 Å². The highest BCUT2D eigenvalue weighted by molar-refractivity contribution is 5.66. The zero-order valence-electron chi connectivity index (χ0n) is 10.2. The molecule has 0 amide bonds. The van der Waals surface area contributed by atoms with E-state index >= 15 is 0 Å². The Hall–Kier alpha value is -1.46. The summed E-state index contributed by atoms with van der Waals surface area (Å²) in [5, 5.41) is 8.74. The molecule has 0 aromatic heterocycles. The second-order valence-corrected chi connectivity index (χ2v) is 4.69. The van der Waals surface area contributed by atoms with Crippen LogP contribution in [-0.2, 0) is 4.79 Å². The molecule has 0 radical (unpaired) electrons. The van der Waals surface area contributed by atoms with Crippen molar-refractivity contribution in [3.05, 3.63) is 35.6 Å². The third kappa shape index (κ3) is 2.86. The van der Waals surface area contributed by atoms with Gasteiger partial charge in [-0.05, 0) is 31.0 Å². The van der Waals surface area contributed by atoms with Gasteiger partial charge in [0, 0.05) is 24.4 Å². The lowest BCUT2D eigenvalue weighted by Crippen LogP contribution is -2.32. The molecule has 3 N–H and O–H groups in total. The van der Waals surface area contributed by atoms with Crippen LogP contribution in [0.15, 0.2) is 24.3 Å². The van der Waals surface area contributed by atoms with E-state index in [0.717, 1.165) is 5.56 Å². The smallest absolute Gasteiger partial charge is 0.303 e. The minimum absolute atomic E-state index is 0.0570. The summed E-state index contributed by atoms with van der Waals surface area (Å²) in [6.45, 7) is 2.03. The monoisotopic (exact) mass is 252 g/mol. The average Bonchev–Trinajstić information content (AvgIpc) is 2.69. The number of benzene rings is 1. The molecule has 3 atom stereocenters. The minimum atomic E-state index is -0.797. The Morgan fingerprint density at radius 2 is 2.00 bits per heavy atom. The van der Waals surface area contributed by atoms with E-state index in [1.54, 1.807) is 12.1 Å². The summed E-state index contributed by atoms with van der Waals surface area (Å²) in [5.74, 6) is -0.897. The molecule has 4 nitrogen and oxygen atoms in total. The summed E-state index contributed by atoms with van der Waals surface area (Å²) < 4.78 is 12.9. The van der Waals surface area contributed by atoms with Gasteiger partial charge in [-0.2, -0.15) is 0 Å². The van der Waals surface area contributed by atoms with Crippen molar-refractivity contribution in [3.63, 3.8) is 0 Å². The van der Waals surface area contributed by atoms with Gasteiger partial charge in [0.2, 0.25) is 0 Å². The quantitative estimate of drug-likeness (QED) is 0.762. The van der Waals surface area contributed by atoms with Crippen LogP contribution in [-0.4, -0.2) is 23.2 Å². The molecule has 0 saturated carbocycles. The lowest BCUT2D eigenvalue weighted by atomic mass is 9.86. The molecule has 2 rings (SSSR count). The first kappa shape index (κ1) is 13.0. The second-order valence-electron chi connectivity index (χ2n) is 4.69. The van der Waals surface area contributed by atoms with Gasteiger partial charge in [0.1, 0.15) is 5.82 Å². The molecule has 1 fully saturated rings. The predicted octanol–water partition coefficient (Wildman–Crippen LogP) is 1.64. The van der Waals surface area contributed by atoms with Crippen LogP contribution in [0, 0.1) is 5.82 Å². The van der Waals surface area contributed by atoms with E-state index in [2.05, 4.69) is 10.9 Å². The zero-order chi connectivity index (χ0) is 13.1. The van der Waals surface area contributed by atoms with Crippen LogP contribution in [0.2, 0.25) is 0 Å². The van der Waals surface area contributed by atoms with Gasteiger partial charge in [-0.3, -0.25) is 15.6 Å². The third-order valence-corrected chi connectivity index (χ3v) is 3.39. The molecule has 1 saturated heterocycles. The van der Waals surface area contributed by atoms with E-state index in [1.165, 1.54) is 12.1 Å². The number of hydrazine groups is 1. The summed E-state index contributed by atoms with van der Waals surface area (Å²) in [6.07, 6.45) is 0.679. The van der Waals surface area contributed by atoms with Crippen molar-refractivity contribution in [1.82, 2.24) is 10.9 Å². The van der Waals surface area contributed by atoms with Crippen molar-refractivity contribution in [2.75, 3.05) is 0 Å². The van der Waals surface area contributed by atoms with Gasteiger partial charge in [0.25, 0.3) is 0 Å². The maximum atomic E-state index is 12.9. The van der Waals surface area contributed by atoms with Crippen molar-refractivity contribution >= 4 is 5.97 Å². The number of aliphatic carboxylic acids is 1. The molecule has 18 heavy (non-hydrogen) atoms. The van der Waals surface area contributed by atoms with E-state index in [1.807, 2.05) is 6.92 Å². The molecular weight excluding hydrogens is 235 g/mol. The molecule has 0 aliphatic carbocycles. The van der Waals surface area contributed by atoms with Crippen molar-refractivity contribution in [3.8, 4) is 0 Å². The number of carboxylic acid groups (broad SMARTS) is 1. The Bertz CT molecular complexity index is 422. The first-order valence-electron chi connectivity index (χ1n) is 6.06. The van der Waals surface area contributed by atoms with E-state index in [0.29, 0.717) is 6.42 Å². The molecule has 0 spiro atoms. The largest absolute Gasteiger partial charge is 0.481 e. The fraction of sp³-hybridized carbons (Fsp3) is 0.462. The summed E-state index contributed by atoms with van der Waals surface area (Å²) in [5.41, 5.74) is 7.26. The highest BCUT2D eigenvalue weighted by Gasteiger charge is 2.34. The molecule has 98 valence electrons. The lowest BCUT2D eigenvalue weighted by Gasteiger charge is -2.20. The Labute approximate surface area is 105 Å². The molecule has 5 heteroatoms. The number of rotatable bonds is 4. The molecule has 0 bridgehead atoms. The van der Waals surface area contributed by atoms with Crippen molar-refractivity contribution in [2.45, 2.75) is 37.8 Å². The van der Waals surface area contributed by atoms with Gasteiger partial charge < -0.3 is 5.11 Å². The lowest BCUT2D eigenvalue weighted by molar-refractivity contribution is -0.137. The van der Waals surface area contributed by atoms with Crippen molar-refractivity contribution in [1.29, 1.82) is 0 Å². The predicted molar refractivity (Wildman–Crippen MR) is 65.5 cm³/mol. The van der Waals surface area contributed by atoms with E-state index in [9.17, 15) is 9.18 Å². The van der Waals surface area contributed by atoms with Gasteiger partial charge in [-0.1, -0.05) is 12.1 Å². The third-order valence-electron chi connectivity index (χ3n) is 3.39. The first-order valence-corrected chi connectivity index (χ1v) is 6.06. The van der Waals surface area contributed by atoms with Crippen LogP contribution in [0.4, 0.5) is 4.39 Å². The number of carbonyl (C=O) groups is 1. The van der Waals surface area contributed by atoms with Gasteiger partial charge in [-0.25, -0.2) is 4.39 Å². The van der Waals surface area contributed by atoms with E-state index in [-0.39, 0.29) is 30.2 Å². The number of hydrogen-bond acceptors (Lipinski definition) is 3. The maximum Gasteiger partial charge on any atom is 0.303 e. The van der Waals surface area contributed by atoms with Gasteiger partial charge in [0.05, 0.1) is 0 Å². The fourth-order valence-corrected chi connectivity index (χ4v) is 2.50. The summed E-state index contributed by atoms with van der Waals surface area (Å²) in [7, 11) is 0. The van der Waals surface area contributed by atoms with Gasteiger partial charge >= 0.3 is 5.97 Å². The highest BCUT2D eigenvalue weighted by atomic mass is 19.1. The summed E-state index contributed by atoms with van der Waals surface area (Å²) in [4.78, 5) is 10.6. The Morgan fingerprint density at radius 3 is 2.61 bits per heavy atom. The number of hydrogen-bond donors (Lipinski definition) is 3. The second kappa shape index (κ2) is 5.46. The molecule has 1 aromatic carbocycles. The van der Waals surface area contributed by atoms with Crippen LogP contribution < -0.4 is 10.9 Å². The Kier molecular flexibility index (Phi) is 3.93. The molecule has 3 unspecified atom stereocenters. The molecule has 1 aliphatic heterocycles. The SMILES string of the molecule is CC1NNC(CCC(=O)O)C1c1ccc(F)cc1. The van der Waals surface area contributed by atoms with Crippen LogP contribution in [0.25, 0.3) is 0 Å². The fourth-order valence-electron chi connectivity index (χ4n) is 2.50. The maximum absolute atomic E-state index is 12.9. The van der Waals surface area contributed by atoms with E-state index in [4.69, 9.17) is 5.11 Å². The van der Waals surface area contributed by atoms with Gasteiger partial charge in [0.15, 0.2) is 0 Å². The van der Waals surface area contributed by atoms with Crippen molar-refractivity contribution in [2.24, 2.45) is 0 Å². The summed E-state index contributed by atoms with van der Waals surface area (Å²) in [6, 6.07) is 6.65. The first-order chi connectivity index (χ1) is 8.58. The zero-order valence-corrected chi connectivity index (χ0v) is 10.2. The Morgan fingerprint density at radius 1 is 1.33 bits per heavy atom. The molecule has 1 aromatic rings. The standard InChI is InChI=1S/C13H17FN2O2/c1-8-13(9-2-4-10(14)5-3-9)11(16-15-8)6-7-12(17)18/h2-5,8,11,13,15-16H,6-7H2,1H3,(H,17,18). The topological polar surface area (TPSA) is 61.4 Å². The number of halogens is 1. The molecular formula is C13H17FN2O2. The van der Waals surface area contributed by atoms with Crippen molar-refractivity contribution < 1.29 is 14.3 Å². The molecule has 1 heterocycles. The van der Waals surface area contributed by atoms with E-state index < -0.39 is 5.97 Å². The molecule has 1 aliphatic rings. The van der Waals surface area contributed by atoms with Crippen LogP contribution in [0.5, 0.6) is 0 Å². The van der Waals surface area contributed by atoms with Crippen LogP contribution in [0.1, 0.15) is 31.2 Å². The Balaban J connectivity index is 2.11. The highest BCUT2D eigenvalue weighted by Crippen LogP contribution is 2.29. The average molecular weight is 252 g/mol. The van der Waals surface area contributed by atoms with Gasteiger partial charge in [-0.15, -0.1) is 0 Å². The normalized spacial score (nSPS) is 27.3. The number of nitrogens with one attached hydrogen (secondary N) is 2.